The van der Waals surface area contributed by atoms with Crippen LogP contribution >= 0.6 is 11.3 Å². The average Bonchev–Trinajstić information content (AvgIpc) is 3.07. The summed E-state index contributed by atoms with van der Waals surface area (Å²) >= 11 is 1.35. The number of carbonyl (C=O) groups is 1. The third-order valence-electron chi connectivity index (χ3n) is 3.51. The minimum Gasteiger partial charge on any atom is -0.266 e. The van der Waals surface area contributed by atoms with Crippen molar-refractivity contribution in [2.75, 3.05) is 0 Å². The van der Waals surface area contributed by atoms with Gasteiger partial charge in [-0.1, -0.05) is 48.0 Å². The quantitative estimate of drug-likeness (QED) is 0.547. The topological polar surface area (TPSA) is 41.5 Å². The number of nitrogens with zero attached hydrogens (tertiary/aromatic N) is 1. The summed E-state index contributed by atoms with van der Waals surface area (Å²) in [5, 5.41) is 5.72. The van der Waals surface area contributed by atoms with E-state index in [0.717, 1.165) is 16.7 Å². The van der Waals surface area contributed by atoms with Crippen LogP contribution in [0, 0.1) is 12.7 Å². The first-order chi connectivity index (χ1) is 11.6. The molecular formula is C19H15FN2OS. The number of benzene rings is 2. The van der Waals surface area contributed by atoms with E-state index in [1.54, 1.807) is 18.2 Å². The number of hydrogen-bond donors (Lipinski definition) is 1. The molecule has 3 rings (SSSR count). The van der Waals surface area contributed by atoms with Crippen LogP contribution in [0.1, 0.15) is 20.8 Å². The third-order valence-corrected chi connectivity index (χ3v) is 4.42. The first kappa shape index (κ1) is 16.1. The summed E-state index contributed by atoms with van der Waals surface area (Å²) in [6, 6.07) is 16.1. The van der Waals surface area contributed by atoms with Crippen LogP contribution in [0.15, 0.2) is 65.1 Å². The molecule has 2 aromatic carbocycles. The molecule has 0 aliphatic rings. The van der Waals surface area contributed by atoms with E-state index in [4.69, 9.17) is 0 Å². The number of carbonyl (C=O) groups excluding carboxylic acids is 1. The second-order valence-electron chi connectivity index (χ2n) is 5.25. The van der Waals surface area contributed by atoms with E-state index in [1.807, 2.05) is 42.6 Å². The summed E-state index contributed by atoms with van der Waals surface area (Å²) in [5.41, 5.74) is 5.78. The van der Waals surface area contributed by atoms with Gasteiger partial charge in [-0.25, -0.2) is 9.82 Å². The molecule has 1 aromatic heterocycles. The van der Waals surface area contributed by atoms with Crippen molar-refractivity contribution in [3.8, 4) is 11.1 Å². The van der Waals surface area contributed by atoms with E-state index in [2.05, 4.69) is 10.5 Å². The molecule has 0 atom stereocenters. The Morgan fingerprint density at radius 3 is 2.62 bits per heavy atom. The maximum Gasteiger partial charge on any atom is 0.282 e. The van der Waals surface area contributed by atoms with E-state index in [9.17, 15) is 9.18 Å². The molecule has 0 bridgehead atoms. The number of nitrogens with one attached hydrogen (secondary N) is 1. The van der Waals surface area contributed by atoms with Crippen LogP contribution in [0.25, 0.3) is 11.1 Å². The molecule has 0 unspecified atom stereocenters. The van der Waals surface area contributed by atoms with E-state index >= 15 is 0 Å². The summed E-state index contributed by atoms with van der Waals surface area (Å²) < 4.78 is 13.5. The number of halogens is 1. The van der Waals surface area contributed by atoms with Gasteiger partial charge in [0.2, 0.25) is 0 Å². The van der Waals surface area contributed by atoms with Crippen LogP contribution in [0.4, 0.5) is 4.39 Å². The lowest BCUT2D eigenvalue weighted by Gasteiger charge is -2.04. The molecule has 1 amide bonds. The predicted molar refractivity (Wildman–Crippen MR) is 96.0 cm³/mol. The highest BCUT2D eigenvalue weighted by Gasteiger charge is 2.14. The Labute approximate surface area is 143 Å². The average molecular weight is 338 g/mol. The van der Waals surface area contributed by atoms with Gasteiger partial charge in [0.25, 0.3) is 5.91 Å². The van der Waals surface area contributed by atoms with Gasteiger partial charge in [0.05, 0.1) is 6.21 Å². The molecule has 0 saturated heterocycles. The summed E-state index contributed by atoms with van der Waals surface area (Å²) in [5.74, 6) is -0.694. The molecule has 0 spiro atoms. The number of thiophene rings is 1. The highest BCUT2D eigenvalue weighted by molar-refractivity contribution is 7.12. The zero-order chi connectivity index (χ0) is 16.9. The molecule has 0 aliphatic carbocycles. The minimum absolute atomic E-state index is 0.312. The smallest absolute Gasteiger partial charge is 0.266 e. The first-order valence-electron chi connectivity index (χ1n) is 7.37. The van der Waals surface area contributed by atoms with E-state index in [-0.39, 0.29) is 11.7 Å². The fourth-order valence-electron chi connectivity index (χ4n) is 2.24. The first-order valence-corrected chi connectivity index (χ1v) is 8.25. The Morgan fingerprint density at radius 1 is 1.12 bits per heavy atom. The molecule has 5 heteroatoms. The zero-order valence-corrected chi connectivity index (χ0v) is 13.8. The van der Waals surface area contributed by atoms with Crippen LogP contribution in [0.3, 0.4) is 0 Å². The normalized spacial score (nSPS) is 10.9. The maximum atomic E-state index is 13.5. The summed E-state index contributed by atoms with van der Waals surface area (Å²) in [6.45, 7) is 2.02. The SMILES string of the molecule is Cc1ccc(-c2ccsc2C(=O)N/N=C\c2ccccc2F)cc1. The van der Waals surface area contributed by atoms with Crippen molar-refractivity contribution in [1.82, 2.24) is 5.43 Å². The lowest BCUT2D eigenvalue weighted by molar-refractivity contribution is 0.0959. The highest BCUT2D eigenvalue weighted by Crippen LogP contribution is 2.28. The molecule has 3 aromatic rings. The Kier molecular flexibility index (Phi) is 4.82. The van der Waals surface area contributed by atoms with Crippen LogP contribution < -0.4 is 5.43 Å². The summed E-state index contributed by atoms with van der Waals surface area (Å²) in [7, 11) is 0. The standard InChI is InChI=1S/C19H15FN2OS/c1-13-6-8-14(9-7-13)16-10-11-24-18(16)19(23)22-21-12-15-4-2-3-5-17(15)20/h2-12H,1H3,(H,22,23)/b21-12-. The fourth-order valence-corrected chi connectivity index (χ4v) is 3.04. The molecule has 0 saturated carbocycles. The van der Waals surface area contributed by atoms with Crippen molar-refractivity contribution in [2.45, 2.75) is 6.92 Å². The molecule has 1 N–H and O–H groups in total. The van der Waals surface area contributed by atoms with Crippen LogP contribution in [-0.4, -0.2) is 12.1 Å². The largest absolute Gasteiger partial charge is 0.282 e. The Hall–Kier alpha value is -2.79. The van der Waals surface area contributed by atoms with Gasteiger partial charge < -0.3 is 0 Å². The van der Waals surface area contributed by atoms with Gasteiger partial charge in [-0.3, -0.25) is 4.79 Å². The Bertz CT molecular complexity index is 884. The predicted octanol–water partition coefficient (Wildman–Crippen LogP) is 4.63. The van der Waals surface area contributed by atoms with E-state index in [0.29, 0.717) is 10.4 Å². The second-order valence-corrected chi connectivity index (χ2v) is 6.17. The molecule has 24 heavy (non-hydrogen) atoms. The number of hydrogen-bond acceptors (Lipinski definition) is 3. The Morgan fingerprint density at radius 2 is 1.88 bits per heavy atom. The number of aryl methyl sites for hydroxylation is 1. The van der Waals surface area contributed by atoms with Crippen molar-refractivity contribution < 1.29 is 9.18 Å². The van der Waals surface area contributed by atoms with Crippen LogP contribution in [-0.2, 0) is 0 Å². The lowest BCUT2D eigenvalue weighted by atomic mass is 10.1. The van der Waals surface area contributed by atoms with E-state index in [1.165, 1.54) is 23.6 Å². The molecule has 0 radical (unpaired) electrons. The maximum absolute atomic E-state index is 13.5. The van der Waals surface area contributed by atoms with Gasteiger partial charge in [-0.05, 0) is 30.0 Å². The van der Waals surface area contributed by atoms with Crippen LogP contribution in [0.2, 0.25) is 0 Å². The van der Waals surface area contributed by atoms with Gasteiger partial charge in [0, 0.05) is 11.1 Å². The summed E-state index contributed by atoms with van der Waals surface area (Å²) in [4.78, 5) is 12.9. The molecule has 1 heterocycles. The zero-order valence-electron chi connectivity index (χ0n) is 13.0. The molecule has 3 nitrogen and oxygen atoms in total. The van der Waals surface area contributed by atoms with Crippen molar-refractivity contribution in [3.05, 3.63) is 81.8 Å². The molecular weight excluding hydrogens is 323 g/mol. The number of rotatable bonds is 4. The van der Waals surface area contributed by atoms with Crippen LogP contribution in [0.5, 0.6) is 0 Å². The fraction of sp³-hybridized carbons (Fsp3) is 0.0526. The second kappa shape index (κ2) is 7.19. The van der Waals surface area contributed by atoms with Crippen molar-refractivity contribution in [1.29, 1.82) is 0 Å². The van der Waals surface area contributed by atoms with Crippen molar-refractivity contribution >= 4 is 23.5 Å². The van der Waals surface area contributed by atoms with Gasteiger partial charge in [0.1, 0.15) is 10.7 Å². The minimum atomic E-state index is -0.382. The van der Waals surface area contributed by atoms with Gasteiger partial charge in [0.15, 0.2) is 0 Å². The van der Waals surface area contributed by atoms with Crippen molar-refractivity contribution in [3.63, 3.8) is 0 Å². The molecule has 0 fully saturated rings. The third kappa shape index (κ3) is 3.58. The van der Waals surface area contributed by atoms with Gasteiger partial charge >= 0.3 is 0 Å². The van der Waals surface area contributed by atoms with Gasteiger partial charge in [-0.2, -0.15) is 5.10 Å². The highest BCUT2D eigenvalue weighted by atomic mass is 32.1. The lowest BCUT2D eigenvalue weighted by Crippen LogP contribution is -2.17. The monoisotopic (exact) mass is 338 g/mol. The van der Waals surface area contributed by atoms with Gasteiger partial charge in [-0.15, -0.1) is 11.3 Å². The molecule has 0 aliphatic heterocycles. The van der Waals surface area contributed by atoms with E-state index < -0.39 is 0 Å². The summed E-state index contributed by atoms with van der Waals surface area (Å²) in [6.07, 6.45) is 1.30. The number of amides is 1. The number of hydrazone groups is 1. The molecule has 120 valence electrons. The Balaban J connectivity index is 1.76. The van der Waals surface area contributed by atoms with Crippen molar-refractivity contribution in [2.24, 2.45) is 5.10 Å².